The molecule has 174 valence electrons. The van der Waals surface area contributed by atoms with Crippen LogP contribution in [0.2, 0.25) is 0 Å². The monoisotopic (exact) mass is 519 g/mol. The minimum Gasteiger partial charge on any atom is -0.497 e. The highest BCUT2D eigenvalue weighted by molar-refractivity contribution is 9.10. The molecule has 0 bridgehead atoms. The molecule has 1 aromatic heterocycles. The van der Waals surface area contributed by atoms with Crippen LogP contribution in [0, 0.1) is 5.92 Å². The van der Waals surface area contributed by atoms with Crippen LogP contribution >= 0.6 is 15.9 Å². The minimum absolute atomic E-state index is 0.0152. The summed E-state index contributed by atoms with van der Waals surface area (Å²) in [6.07, 6.45) is 1.71. The normalized spacial score (nSPS) is 14.9. The van der Waals surface area contributed by atoms with Gasteiger partial charge in [-0.2, -0.15) is 0 Å². The zero-order valence-electron chi connectivity index (χ0n) is 19.0. The molecule has 2 heterocycles. The maximum Gasteiger partial charge on any atom is 0.227 e. The molecule has 3 aromatic carbocycles. The molecule has 4 aromatic rings. The van der Waals surface area contributed by atoms with Crippen molar-refractivity contribution < 1.29 is 13.9 Å². The summed E-state index contributed by atoms with van der Waals surface area (Å²) < 4.78 is 12.3. The van der Waals surface area contributed by atoms with Crippen LogP contribution in [0.15, 0.2) is 75.6 Å². The van der Waals surface area contributed by atoms with Crippen molar-refractivity contribution in [1.29, 1.82) is 0 Å². The number of hydrogen-bond donors (Lipinski definition) is 1. The van der Waals surface area contributed by atoms with Gasteiger partial charge in [-0.25, -0.2) is 4.98 Å². The molecule has 0 unspecified atom stereocenters. The Balaban J connectivity index is 1.19. The number of oxazole rings is 1. The van der Waals surface area contributed by atoms with Gasteiger partial charge in [0.25, 0.3) is 0 Å². The summed E-state index contributed by atoms with van der Waals surface area (Å²) in [7, 11) is 1.64. The summed E-state index contributed by atoms with van der Waals surface area (Å²) in [5, 5.41) is 3.07. The number of likely N-dealkylation sites (tertiary alicyclic amines) is 1. The fraction of sp³-hybridized carbons (Fsp3) is 0.259. The Morgan fingerprint density at radius 3 is 2.53 bits per heavy atom. The highest BCUT2D eigenvalue weighted by Gasteiger charge is 2.25. The first-order valence-corrected chi connectivity index (χ1v) is 12.2. The largest absolute Gasteiger partial charge is 0.497 e. The van der Waals surface area contributed by atoms with Crippen LogP contribution in [0.5, 0.6) is 5.75 Å². The quantitative estimate of drug-likeness (QED) is 0.332. The van der Waals surface area contributed by atoms with Gasteiger partial charge < -0.3 is 14.5 Å². The summed E-state index contributed by atoms with van der Waals surface area (Å²) in [6, 6.07) is 21.6. The Labute approximate surface area is 207 Å². The first kappa shape index (κ1) is 22.6. The number of carbonyl (C=O) groups is 1. The Bertz CT molecular complexity index is 1280. The first-order valence-electron chi connectivity index (χ1n) is 11.4. The molecule has 34 heavy (non-hydrogen) atoms. The number of piperidine rings is 1. The number of amides is 1. The summed E-state index contributed by atoms with van der Waals surface area (Å²) in [6.45, 7) is 2.75. The Morgan fingerprint density at radius 1 is 1.09 bits per heavy atom. The molecule has 0 aliphatic carbocycles. The summed E-state index contributed by atoms with van der Waals surface area (Å²) in [4.78, 5) is 19.9. The van der Waals surface area contributed by atoms with Crippen LogP contribution < -0.4 is 10.1 Å². The van der Waals surface area contributed by atoms with E-state index in [9.17, 15) is 4.79 Å². The Morgan fingerprint density at radius 2 is 1.82 bits per heavy atom. The summed E-state index contributed by atoms with van der Waals surface area (Å²) in [5.41, 5.74) is 4.29. The second kappa shape index (κ2) is 9.99. The molecular weight excluding hydrogens is 494 g/mol. The van der Waals surface area contributed by atoms with Gasteiger partial charge in [0.05, 0.1) is 7.11 Å². The molecule has 5 rings (SSSR count). The van der Waals surface area contributed by atoms with Gasteiger partial charge in [-0.15, -0.1) is 0 Å². The van der Waals surface area contributed by atoms with Crippen molar-refractivity contribution in [2.24, 2.45) is 5.92 Å². The van der Waals surface area contributed by atoms with Gasteiger partial charge in [0.15, 0.2) is 5.58 Å². The lowest BCUT2D eigenvalue weighted by molar-refractivity contribution is -0.121. The highest BCUT2D eigenvalue weighted by atomic mass is 79.9. The molecule has 0 saturated carbocycles. The first-order chi connectivity index (χ1) is 16.6. The molecule has 1 aliphatic rings. The number of nitrogens with one attached hydrogen (secondary N) is 1. The third-order valence-electron chi connectivity index (χ3n) is 6.27. The standard InChI is InChI=1S/C27H26BrN3O3/c1-33-23-9-4-20(5-10-23)27-30-24-11-8-22(16-25(24)34-27)29-26(32)19-12-14-31(15-13-19)17-18-2-6-21(28)7-3-18/h2-11,16,19H,12-15,17H2,1H3,(H,29,32). The number of rotatable bonds is 6. The van der Waals surface area contributed by atoms with Gasteiger partial charge in [-0.3, -0.25) is 9.69 Å². The second-order valence-corrected chi connectivity index (χ2v) is 9.51. The highest BCUT2D eigenvalue weighted by Crippen LogP contribution is 2.28. The lowest BCUT2D eigenvalue weighted by atomic mass is 9.95. The van der Waals surface area contributed by atoms with Gasteiger partial charge >= 0.3 is 0 Å². The van der Waals surface area contributed by atoms with Crippen LogP contribution in [0.3, 0.4) is 0 Å². The number of benzene rings is 3. The third-order valence-corrected chi connectivity index (χ3v) is 6.80. The number of halogens is 1. The molecule has 1 amide bonds. The van der Waals surface area contributed by atoms with Crippen molar-refractivity contribution in [2.45, 2.75) is 19.4 Å². The minimum atomic E-state index is 0.0152. The second-order valence-electron chi connectivity index (χ2n) is 8.60. The zero-order valence-corrected chi connectivity index (χ0v) is 20.5. The molecule has 1 N–H and O–H groups in total. The van der Waals surface area contributed by atoms with Crippen molar-refractivity contribution in [1.82, 2.24) is 9.88 Å². The molecule has 0 atom stereocenters. The van der Waals surface area contributed by atoms with Crippen molar-refractivity contribution in [3.05, 3.63) is 76.8 Å². The summed E-state index contributed by atoms with van der Waals surface area (Å²) >= 11 is 3.48. The van der Waals surface area contributed by atoms with Crippen LogP contribution in [0.4, 0.5) is 5.69 Å². The predicted molar refractivity (Wildman–Crippen MR) is 137 cm³/mol. The fourth-order valence-corrected chi connectivity index (χ4v) is 4.57. The van der Waals surface area contributed by atoms with E-state index in [-0.39, 0.29) is 11.8 Å². The smallest absolute Gasteiger partial charge is 0.227 e. The molecule has 1 saturated heterocycles. The van der Waals surface area contributed by atoms with Gasteiger partial charge in [0.1, 0.15) is 11.3 Å². The average Bonchev–Trinajstić information content (AvgIpc) is 3.29. The van der Waals surface area contributed by atoms with E-state index < -0.39 is 0 Å². The lowest BCUT2D eigenvalue weighted by Crippen LogP contribution is -2.37. The van der Waals surface area contributed by atoms with Gasteiger partial charge in [-0.05, 0) is 80.0 Å². The van der Waals surface area contributed by atoms with Crippen LogP contribution in [-0.2, 0) is 11.3 Å². The average molecular weight is 520 g/mol. The van der Waals surface area contributed by atoms with Gasteiger partial charge in [0, 0.05) is 34.3 Å². The number of fused-ring (bicyclic) bond motifs is 1. The number of methoxy groups -OCH3 is 1. The SMILES string of the molecule is COc1ccc(-c2nc3ccc(NC(=O)C4CCN(Cc5ccc(Br)cc5)CC4)cc3o2)cc1. The maximum absolute atomic E-state index is 12.9. The van der Waals surface area contributed by atoms with Crippen molar-refractivity contribution in [3.8, 4) is 17.2 Å². The number of hydrogen-bond acceptors (Lipinski definition) is 5. The molecular formula is C27H26BrN3O3. The van der Waals surface area contributed by atoms with E-state index in [0.29, 0.717) is 11.5 Å². The number of nitrogens with zero attached hydrogens (tertiary/aromatic N) is 2. The van der Waals surface area contributed by atoms with Gasteiger partial charge in [-0.1, -0.05) is 28.1 Å². The van der Waals surface area contributed by atoms with Crippen molar-refractivity contribution in [3.63, 3.8) is 0 Å². The maximum atomic E-state index is 12.9. The van der Waals surface area contributed by atoms with Crippen molar-refractivity contribution in [2.75, 3.05) is 25.5 Å². The Kier molecular flexibility index (Phi) is 6.65. The molecule has 1 fully saturated rings. The van der Waals surface area contributed by atoms with E-state index >= 15 is 0 Å². The van der Waals surface area contributed by atoms with Crippen LogP contribution in [0.1, 0.15) is 18.4 Å². The molecule has 0 radical (unpaired) electrons. The zero-order chi connectivity index (χ0) is 23.5. The van der Waals surface area contributed by atoms with Crippen molar-refractivity contribution >= 4 is 38.6 Å². The summed E-state index contributed by atoms with van der Waals surface area (Å²) in [5.74, 6) is 1.40. The van der Waals surface area contributed by atoms with Crippen LogP contribution in [-0.4, -0.2) is 36.0 Å². The van der Waals surface area contributed by atoms with Crippen LogP contribution in [0.25, 0.3) is 22.6 Å². The van der Waals surface area contributed by atoms with E-state index in [1.807, 2.05) is 42.5 Å². The van der Waals surface area contributed by atoms with E-state index in [1.165, 1.54) is 5.56 Å². The topological polar surface area (TPSA) is 67.6 Å². The molecule has 1 aliphatic heterocycles. The van der Waals surface area contributed by atoms with E-state index in [4.69, 9.17) is 9.15 Å². The van der Waals surface area contributed by atoms with E-state index in [2.05, 4.69) is 55.4 Å². The Hall–Kier alpha value is -3.16. The molecule has 6 nitrogen and oxygen atoms in total. The lowest BCUT2D eigenvalue weighted by Gasteiger charge is -2.31. The predicted octanol–water partition coefficient (Wildman–Crippen LogP) is 6.12. The number of anilines is 1. The number of carbonyl (C=O) groups excluding carboxylic acids is 1. The van der Waals surface area contributed by atoms with E-state index in [0.717, 1.165) is 59.5 Å². The molecule has 0 spiro atoms. The van der Waals surface area contributed by atoms with Gasteiger partial charge in [0.2, 0.25) is 11.8 Å². The number of aromatic nitrogens is 1. The fourth-order valence-electron chi connectivity index (χ4n) is 4.31. The third kappa shape index (κ3) is 5.16. The van der Waals surface area contributed by atoms with E-state index in [1.54, 1.807) is 7.11 Å². The number of ether oxygens (including phenoxy) is 1. The molecule has 7 heteroatoms.